The van der Waals surface area contributed by atoms with Crippen LogP contribution >= 0.6 is 11.3 Å². The van der Waals surface area contributed by atoms with Gasteiger partial charge in [-0.15, -0.1) is 11.3 Å². The second kappa shape index (κ2) is 5.96. The van der Waals surface area contributed by atoms with E-state index in [-0.39, 0.29) is 36.6 Å². The second-order valence-corrected chi connectivity index (χ2v) is 4.98. The SMILES string of the molecule is CC(CF)N1CCc2nc(C(=O)[O-])sc2C1.[Li+]. The van der Waals surface area contributed by atoms with Gasteiger partial charge >= 0.3 is 18.9 Å². The van der Waals surface area contributed by atoms with Gasteiger partial charge in [0.2, 0.25) is 0 Å². The molecule has 1 aromatic rings. The van der Waals surface area contributed by atoms with E-state index in [0.29, 0.717) is 13.0 Å². The minimum absolute atomic E-state index is 0. The Morgan fingerprint density at radius 1 is 1.71 bits per heavy atom. The van der Waals surface area contributed by atoms with Crippen LogP contribution in [0.3, 0.4) is 0 Å². The molecule has 1 aliphatic rings. The van der Waals surface area contributed by atoms with Crippen LogP contribution in [0.5, 0.6) is 0 Å². The molecule has 7 heteroatoms. The molecule has 0 spiro atoms. The van der Waals surface area contributed by atoms with Crippen molar-refractivity contribution in [3.8, 4) is 0 Å². The van der Waals surface area contributed by atoms with E-state index in [1.807, 2.05) is 11.8 Å². The first-order chi connectivity index (χ1) is 7.61. The topological polar surface area (TPSA) is 56.3 Å². The van der Waals surface area contributed by atoms with Crippen LogP contribution in [-0.4, -0.2) is 35.1 Å². The van der Waals surface area contributed by atoms with Crippen molar-refractivity contribution >= 4 is 17.3 Å². The molecule has 0 aliphatic carbocycles. The van der Waals surface area contributed by atoms with Crippen molar-refractivity contribution in [3.05, 3.63) is 15.6 Å². The zero-order valence-corrected chi connectivity index (χ0v) is 10.7. The molecule has 0 N–H and O–H groups in total. The average molecular weight is 250 g/mol. The third kappa shape index (κ3) is 3.08. The number of rotatable bonds is 3. The number of hydrogen-bond donors (Lipinski definition) is 0. The maximum atomic E-state index is 12.5. The molecule has 0 saturated carbocycles. The van der Waals surface area contributed by atoms with Crippen LogP contribution in [0, 0.1) is 0 Å². The molecule has 0 aromatic carbocycles. The summed E-state index contributed by atoms with van der Waals surface area (Å²) >= 11 is 1.14. The molecule has 1 aromatic heterocycles. The van der Waals surface area contributed by atoms with Gasteiger partial charge in [-0.3, -0.25) is 4.90 Å². The van der Waals surface area contributed by atoms with Gasteiger partial charge in [-0.2, -0.15) is 0 Å². The molecule has 0 fully saturated rings. The number of carbonyl (C=O) groups excluding carboxylic acids is 1. The predicted molar refractivity (Wildman–Crippen MR) is 56.0 cm³/mol. The summed E-state index contributed by atoms with van der Waals surface area (Å²) in [6.07, 6.45) is 0.684. The number of fused-ring (bicyclic) bond motifs is 1. The quantitative estimate of drug-likeness (QED) is 0.545. The second-order valence-electron chi connectivity index (χ2n) is 3.90. The van der Waals surface area contributed by atoms with Crippen molar-refractivity contribution in [2.75, 3.05) is 13.2 Å². The molecule has 0 amide bonds. The molecule has 0 radical (unpaired) electrons. The fourth-order valence-corrected chi connectivity index (χ4v) is 2.74. The summed E-state index contributed by atoms with van der Waals surface area (Å²) in [6, 6.07) is -0.123. The molecular weight excluding hydrogens is 238 g/mol. The summed E-state index contributed by atoms with van der Waals surface area (Å²) in [5, 5.41) is 10.7. The Kier molecular flexibility index (Phi) is 5.14. The Labute approximate surface area is 115 Å². The van der Waals surface area contributed by atoms with Crippen LogP contribution in [0.1, 0.15) is 27.3 Å². The molecule has 1 atom stereocenters. The van der Waals surface area contributed by atoms with Crippen molar-refractivity contribution in [3.63, 3.8) is 0 Å². The Morgan fingerprint density at radius 2 is 2.41 bits per heavy atom. The van der Waals surface area contributed by atoms with Crippen molar-refractivity contribution < 1.29 is 33.2 Å². The van der Waals surface area contributed by atoms with Crippen molar-refractivity contribution in [2.24, 2.45) is 0 Å². The number of aromatic nitrogens is 1. The molecule has 1 aliphatic heterocycles. The number of alkyl halides is 1. The number of halogens is 1. The van der Waals surface area contributed by atoms with E-state index >= 15 is 0 Å². The van der Waals surface area contributed by atoms with Crippen molar-refractivity contribution in [2.45, 2.75) is 25.9 Å². The van der Waals surface area contributed by atoms with E-state index in [9.17, 15) is 14.3 Å². The van der Waals surface area contributed by atoms with Crippen LogP contribution in [0.15, 0.2) is 0 Å². The molecule has 1 unspecified atom stereocenters. The fraction of sp³-hybridized carbons (Fsp3) is 0.600. The van der Waals surface area contributed by atoms with Crippen molar-refractivity contribution in [1.82, 2.24) is 9.88 Å². The molecule has 0 bridgehead atoms. The number of thiazole rings is 1. The summed E-state index contributed by atoms with van der Waals surface area (Å²) in [5.41, 5.74) is 0.825. The van der Waals surface area contributed by atoms with Gasteiger partial charge in [0.25, 0.3) is 0 Å². The van der Waals surface area contributed by atoms with E-state index in [4.69, 9.17) is 0 Å². The van der Waals surface area contributed by atoms with E-state index in [2.05, 4.69) is 4.98 Å². The Morgan fingerprint density at radius 3 is 3.00 bits per heavy atom. The van der Waals surface area contributed by atoms with Gasteiger partial charge in [0.15, 0.2) is 0 Å². The predicted octanol–water partition coefficient (Wildman–Crippen LogP) is -2.77. The van der Waals surface area contributed by atoms with E-state index in [1.165, 1.54) is 0 Å². The van der Waals surface area contributed by atoms with Gasteiger partial charge in [-0.05, 0) is 6.92 Å². The third-order valence-electron chi connectivity index (χ3n) is 2.78. The monoisotopic (exact) mass is 250 g/mol. The maximum absolute atomic E-state index is 12.5. The number of carbonyl (C=O) groups is 1. The zero-order valence-electron chi connectivity index (χ0n) is 9.90. The average Bonchev–Trinajstić information content (AvgIpc) is 2.70. The molecular formula is C10H12FLiN2O2S. The van der Waals surface area contributed by atoms with Gasteiger partial charge < -0.3 is 9.90 Å². The first-order valence-electron chi connectivity index (χ1n) is 5.11. The molecule has 2 rings (SSSR count). The van der Waals surface area contributed by atoms with E-state index < -0.39 is 5.97 Å². The summed E-state index contributed by atoms with van der Waals surface area (Å²) in [6.45, 7) is 2.76. The summed E-state index contributed by atoms with van der Waals surface area (Å²) in [5.74, 6) is -1.23. The number of carboxylic acids is 1. The van der Waals surface area contributed by atoms with Crippen LogP contribution < -0.4 is 24.0 Å². The Hall–Kier alpha value is -0.413. The van der Waals surface area contributed by atoms with E-state index in [0.717, 1.165) is 28.5 Å². The summed E-state index contributed by atoms with van der Waals surface area (Å²) in [7, 11) is 0. The fourth-order valence-electron chi connectivity index (χ4n) is 1.78. The van der Waals surface area contributed by atoms with E-state index in [1.54, 1.807) is 0 Å². The van der Waals surface area contributed by atoms with Crippen LogP contribution in [0.2, 0.25) is 0 Å². The number of nitrogens with zero attached hydrogens (tertiary/aromatic N) is 2. The minimum Gasteiger partial charge on any atom is -0.542 e. The van der Waals surface area contributed by atoms with Crippen LogP contribution in [-0.2, 0) is 13.0 Å². The Balaban J connectivity index is 0.00000144. The van der Waals surface area contributed by atoms with Gasteiger partial charge in [-0.25, -0.2) is 9.37 Å². The molecule has 88 valence electrons. The molecule has 4 nitrogen and oxygen atoms in total. The van der Waals surface area contributed by atoms with Crippen LogP contribution in [0.25, 0.3) is 0 Å². The summed E-state index contributed by atoms with van der Waals surface area (Å²) < 4.78 is 12.5. The first-order valence-corrected chi connectivity index (χ1v) is 5.93. The minimum atomic E-state index is -1.23. The third-order valence-corrected chi connectivity index (χ3v) is 3.84. The maximum Gasteiger partial charge on any atom is 1.00 e. The molecule has 17 heavy (non-hydrogen) atoms. The Bertz CT molecular complexity index is 413. The van der Waals surface area contributed by atoms with Crippen LogP contribution in [0.4, 0.5) is 4.39 Å². The van der Waals surface area contributed by atoms with Gasteiger partial charge in [-0.1, -0.05) is 0 Å². The zero-order chi connectivity index (χ0) is 11.7. The van der Waals surface area contributed by atoms with Gasteiger partial charge in [0, 0.05) is 30.4 Å². The number of carboxylic acid groups (broad SMARTS) is 1. The summed E-state index contributed by atoms with van der Waals surface area (Å²) in [4.78, 5) is 17.6. The van der Waals surface area contributed by atoms with Gasteiger partial charge in [0.1, 0.15) is 17.7 Å². The van der Waals surface area contributed by atoms with Crippen molar-refractivity contribution in [1.29, 1.82) is 0 Å². The smallest absolute Gasteiger partial charge is 0.542 e. The molecule has 2 heterocycles. The number of aromatic carboxylic acids is 1. The normalized spacial score (nSPS) is 17.1. The standard InChI is InChI=1S/C10H13FN2O2S.Li/c1-6(4-11)13-3-2-7-8(5-13)16-9(12-7)10(14)15;/h6H,2-5H2,1H3,(H,14,15);/q;+1/p-1. The first kappa shape index (κ1) is 14.6. The number of hydrogen-bond acceptors (Lipinski definition) is 5. The molecule has 0 saturated heterocycles. The largest absolute Gasteiger partial charge is 1.00 e. The van der Waals surface area contributed by atoms with Gasteiger partial charge in [0.05, 0.1) is 5.69 Å².